The quantitative estimate of drug-likeness (QED) is 0.366. The number of fused-ring (bicyclic) bond motifs is 1. The van der Waals surface area contributed by atoms with Gasteiger partial charge in [-0.25, -0.2) is 19.0 Å². The number of aliphatic carboxylic acids is 1. The zero-order valence-electron chi connectivity index (χ0n) is 19.7. The van der Waals surface area contributed by atoms with Crippen molar-refractivity contribution in [3.05, 3.63) is 71.1 Å². The maximum Gasteiger partial charge on any atom is 0.413 e. The van der Waals surface area contributed by atoms with E-state index in [0.717, 1.165) is 10.8 Å². The minimum Gasteiger partial charge on any atom is -0.481 e. The monoisotopic (exact) mass is 516 g/mol. The molecule has 0 saturated carbocycles. The number of nitrogens with one attached hydrogen (secondary N) is 2. The third-order valence-electron chi connectivity index (χ3n) is 5.63. The van der Waals surface area contributed by atoms with Gasteiger partial charge in [0.1, 0.15) is 17.7 Å². The van der Waals surface area contributed by atoms with E-state index in [1.165, 1.54) is 24.1 Å². The largest absolute Gasteiger partial charge is 0.481 e. The molecule has 0 spiro atoms. The van der Waals surface area contributed by atoms with Gasteiger partial charge in [0, 0.05) is 31.6 Å². The van der Waals surface area contributed by atoms with Gasteiger partial charge >= 0.3 is 18.1 Å². The Morgan fingerprint density at radius 2 is 1.89 bits per heavy atom. The van der Waals surface area contributed by atoms with Gasteiger partial charge in [0.05, 0.1) is 11.1 Å². The first-order chi connectivity index (χ1) is 17.2. The molecule has 0 aliphatic heterocycles. The molecule has 0 aliphatic carbocycles. The topological polar surface area (TPSA) is 121 Å². The lowest BCUT2D eigenvalue weighted by molar-refractivity contribution is -0.137. The number of carbonyl (C=O) groups is 3. The molecule has 9 nitrogen and oxygen atoms in total. The number of aromatic nitrogens is 1. The first kappa shape index (κ1) is 26.7. The molecule has 0 radical (unpaired) electrons. The van der Waals surface area contributed by atoms with Gasteiger partial charge < -0.3 is 20.1 Å². The second kappa shape index (κ2) is 12.2. The van der Waals surface area contributed by atoms with Crippen molar-refractivity contribution in [2.75, 3.05) is 12.4 Å². The Hall–Kier alpha value is -3.92. The van der Waals surface area contributed by atoms with E-state index in [0.29, 0.717) is 5.56 Å². The average molecular weight is 517 g/mol. The molecule has 0 aliphatic rings. The summed E-state index contributed by atoms with van der Waals surface area (Å²) in [6, 6.07) is 12.1. The third-order valence-corrected chi connectivity index (χ3v) is 6.05. The Morgan fingerprint density at radius 3 is 2.61 bits per heavy atom. The lowest BCUT2D eigenvalue weighted by atomic mass is 10.1. The average Bonchev–Trinajstić information content (AvgIpc) is 2.84. The highest BCUT2D eigenvalue weighted by molar-refractivity contribution is 6.31. The molecular weight excluding hydrogens is 491 g/mol. The van der Waals surface area contributed by atoms with Crippen LogP contribution < -0.4 is 10.6 Å². The van der Waals surface area contributed by atoms with Gasteiger partial charge in [0.2, 0.25) is 0 Å². The number of carbonyl (C=O) groups excluding carboxylic acids is 2. The van der Waals surface area contributed by atoms with Crippen molar-refractivity contribution >= 4 is 46.3 Å². The van der Waals surface area contributed by atoms with Crippen LogP contribution in [0.5, 0.6) is 0 Å². The highest BCUT2D eigenvalue weighted by atomic mass is 35.5. The zero-order chi connectivity index (χ0) is 26.2. The molecule has 0 saturated heterocycles. The molecule has 0 bridgehead atoms. The van der Waals surface area contributed by atoms with E-state index in [1.807, 2.05) is 24.3 Å². The van der Waals surface area contributed by atoms with Crippen LogP contribution in [0, 0.1) is 5.82 Å². The Kier molecular flexibility index (Phi) is 9.02. The number of carboxylic acids is 1. The Bertz CT molecular complexity index is 1260. The molecular formula is C25H26ClFN4O5. The first-order valence-corrected chi connectivity index (χ1v) is 11.5. The van der Waals surface area contributed by atoms with Crippen LogP contribution in [0.1, 0.15) is 25.3 Å². The number of nitrogens with zero attached hydrogens (tertiary/aromatic N) is 2. The fourth-order valence-electron chi connectivity index (χ4n) is 3.68. The van der Waals surface area contributed by atoms with Gasteiger partial charge in [-0.3, -0.25) is 10.1 Å². The molecule has 3 amide bonds. The maximum absolute atomic E-state index is 13.7. The standard InChI is InChI=1S/C25H26ClFN4O5/c1-15(36-25(35)30-21-12-16-6-3-4-7-17(16)13-28-21)20(10-11-22(32)33)31(2)24(34)29-14-18-8-5-9-19(27)23(18)26/h3-9,12-13,15,20H,10-11,14H2,1-2H3,(H,29,34)(H,32,33)(H,28,30,35)/t15?,20-/m0/s1. The van der Waals surface area contributed by atoms with Crippen molar-refractivity contribution in [1.29, 1.82) is 0 Å². The molecule has 3 N–H and O–H groups in total. The molecule has 1 heterocycles. The number of carboxylic acid groups (broad SMARTS) is 1. The fourth-order valence-corrected chi connectivity index (χ4v) is 3.87. The molecule has 1 unspecified atom stereocenters. The van der Waals surface area contributed by atoms with E-state index >= 15 is 0 Å². The number of halogens is 2. The number of pyridine rings is 1. The minimum atomic E-state index is -1.06. The summed E-state index contributed by atoms with van der Waals surface area (Å²) in [6.07, 6.45) is -0.265. The number of hydrogen-bond donors (Lipinski definition) is 3. The summed E-state index contributed by atoms with van der Waals surface area (Å²) in [5.74, 6) is -1.38. The normalized spacial score (nSPS) is 12.4. The SMILES string of the molecule is CC(OC(=O)Nc1cc2ccccc2cn1)[C@H](CCC(=O)O)N(C)C(=O)NCc1cccc(F)c1Cl. The molecule has 11 heteroatoms. The summed E-state index contributed by atoms with van der Waals surface area (Å²) in [5.41, 5.74) is 0.382. The van der Waals surface area contributed by atoms with Crippen molar-refractivity contribution < 1.29 is 28.6 Å². The minimum absolute atomic E-state index is 0.0304. The first-order valence-electron chi connectivity index (χ1n) is 11.1. The third kappa shape index (κ3) is 7.05. The molecule has 3 aromatic rings. The number of amides is 3. The van der Waals surface area contributed by atoms with Crippen molar-refractivity contribution in [3.63, 3.8) is 0 Å². The Morgan fingerprint density at radius 1 is 1.17 bits per heavy atom. The zero-order valence-corrected chi connectivity index (χ0v) is 20.5. The summed E-state index contributed by atoms with van der Waals surface area (Å²) in [5, 5.41) is 16.0. The van der Waals surface area contributed by atoms with Gasteiger partial charge in [0.25, 0.3) is 0 Å². The second-order valence-corrected chi connectivity index (χ2v) is 8.51. The van der Waals surface area contributed by atoms with Crippen molar-refractivity contribution in [1.82, 2.24) is 15.2 Å². The van der Waals surface area contributed by atoms with Crippen LogP contribution in [0.25, 0.3) is 10.8 Å². The molecule has 36 heavy (non-hydrogen) atoms. The number of urea groups is 1. The number of benzene rings is 2. The van der Waals surface area contributed by atoms with Crippen molar-refractivity contribution in [2.24, 2.45) is 0 Å². The summed E-state index contributed by atoms with van der Waals surface area (Å²) in [7, 11) is 1.46. The van der Waals surface area contributed by atoms with E-state index < -0.39 is 36.1 Å². The highest BCUT2D eigenvalue weighted by Gasteiger charge is 2.29. The van der Waals surface area contributed by atoms with Crippen LogP contribution in [-0.2, 0) is 16.1 Å². The fraction of sp³-hybridized carbons (Fsp3) is 0.280. The maximum atomic E-state index is 13.7. The Labute approximate surface area is 212 Å². The van der Waals surface area contributed by atoms with Gasteiger partial charge in [0.15, 0.2) is 0 Å². The molecule has 3 rings (SSSR count). The highest BCUT2D eigenvalue weighted by Crippen LogP contribution is 2.20. The molecule has 1 aromatic heterocycles. The van der Waals surface area contributed by atoms with Crippen LogP contribution in [0.15, 0.2) is 54.7 Å². The summed E-state index contributed by atoms with van der Waals surface area (Å²) < 4.78 is 19.1. The van der Waals surface area contributed by atoms with E-state index in [2.05, 4.69) is 15.6 Å². The summed E-state index contributed by atoms with van der Waals surface area (Å²) in [6.45, 7) is 1.52. The van der Waals surface area contributed by atoms with Crippen LogP contribution in [0.3, 0.4) is 0 Å². The van der Waals surface area contributed by atoms with E-state index in [4.69, 9.17) is 21.4 Å². The number of likely N-dealkylation sites (N-methyl/N-ethyl adjacent to an activating group) is 1. The second-order valence-electron chi connectivity index (χ2n) is 8.13. The van der Waals surface area contributed by atoms with Crippen molar-refractivity contribution in [3.8, 4) is 0 Å². The van der Waals surface area contributed by atoms with Crippen LogP contribution >= 0.6 is 11.6 Å². The number of hydrogen-bond acceptors (Lipinski definition) is 5. The number of anilines is 1. The van der Waals surface area contributed by atoms with Crippen LogP contribution in [-0.4, -0.2) is 52.3 Å². The summed E-state index contributed by atoms with van der Waals surface area (Å²) in [4.78, 5) is 41.9. The van der Waals surface area contributed by atoms with Crippen LogP contribution in [0.4, 0.5) is 19.8 Å². The van der Waals surface area contributed by atoms with E-state index in [1.54, 1.807) is 25.3 Å². The smallest absolute Gasteiger partial charge is 0.413 e. The lowest BCUT2D eigenvalue weighted by Gasteiger charge is -2.32. The van der Waals surface area contributed by atoms with Crippen molar-refractivity contribution in [2.45, 2.75) is 38.5 Å². The Balaban J connectivity index is 1.64. The molecule has 2 aromatic carbocycles. The van der Waals surface area contributed by atoms with Gasteiger partial charge in [-0.05, 0) is 36.4 Å². The van der Waals surface area contributed by atoms with Gasteiger partial charge in [-0.1, -0.05) is 48.0 Å². The predicted octanol–water partition coefficient (Wildman–Crippen LogP) is 5.04. The van der Waals surface area contributed by atoms with Gasteiger partial charge in [-0.15, -0.1) is 0 Å². The van der Waals surface area contributed by atoms with Crippen LogP contribution in [0.2, 0.25) is 5.02 Å². The van der Waals surface area contributed by atoms with Gasteiger partial charge in [-0.2, -0.15) is 0 Å². The van der Waals surface area contributed by atoms with E-state index in [-0.39, 0.29) is 30.2 Å². The number of ether oxygens (including phenoxy) is 1. The molecule has 190 valence electrons. The molecule has 0 fully saturated rings. The lowest BCUT2D eigenvalue weighted by Crippen LogP contribution is -2.49. The summed E-state index contributed by atoms with van der Waals surface area (Å²) >= 11 is 5.94. The molecule has 2 atom stereocenters. The predicted molar refractivity (Wildman–Crippen MR) is 133 cm³/mol. The number of rotatable bonds is 9. The van der Waals surface area contributed by atoms with E-state index in [9.17, 15) is 18.8 Å².